The summed E-state index contributed by atoms with van der Waals surface area (Å²) < 4.78 is 0. The molecular weight excluding hydrogens is 470 g/mol. The Morgan fingerprint density at radius 2 is 0.971 bits per heavy atom. The van der Waals surface area contributed by atoms with Gasteiger partial charge in [-0.2, -0.15) is 0 Å². The van der Waals surface area contributed by atoms with Crippen LogP contribution < -0.4 is 0 Å². The molecule has 17 nitrogen and oxygen atoms in total. The number of benzene rings is 1. The first kappa shape index (κ1) is 33.0. The number of carboxylic acids is 4. The molecule has 1 aromatic heterocycles. The van der Waals surface area contributed by atoms with Gasteiger partial charge < -0.3 is 30.8 Å². The Morgan fingerprint density at radius 1 is 0.676 bits per heavy atom. The Hall–Kier alpha value is -5.61. The van der Waals surface area contributed by atoms with Crippen molar-refractivity contribution in [2.24, 2.45) is 0 Å². The van der Waals surface area contributed by atoms with E-state index in [1.165, 1.54) is 5.39 Å². The van der Waals surface area contributed by atoms with Gasteiger partial charge in [0.05, 0.1) is 5.52 Å². The van der Waals surface area contributed by atoms with Crippen molar-refractivity contribution in [2.45, 2.75) is 0 Å². The minimum Gasteiger partial charge on any atom is -0.478 e. The fourth-order valence-electron chi connectivity index (χ4n) is 1.30. The number of aromatic nitrogens is 1. The van der Waals surface area contributed by atoms with Gasteiger partial charge >= 0.3 is 23.9 Å². The van der Waals surface area contributed by atoms with E-state index in [-0.39, 0.29) is 0 Å². The maximum absolute atomic E-state index is 9.55. The highest BCUT2D eigenvalue weighted by atomic mass is 16.9. The summed E-state index contributed by atoms with van der Waals surface area (Å²) in [6.45, 7) is 0. The van der Waals surface area contributed by atoms with Gasteiger partial charge in [0.25, 0.3) is 10.2 Å². The highest BCUT2D eigenvalue weighted by molar-refractivity contribution is 5.90. The lowest BCUT2D eigenvalue weighted by Crippen LogP contribution is -1.91. The monoisotopic (exact) mass is 487 g/mol. The van der Waals surface area contributed by atoms with E-state index in [0.29, 0.717) is 24.3 Å². The maximum Gasteiger partial charge on any atom is 0.328 e. The predicted octanol–water partition coefficient (Wildman–Crippen LogP) is 0.963. The summed E-state index contributed by atoms with van der Waals surface area (Å²) in [5.41, 5.74) is 1.06. The minimum absolute atomic E-state index is 0.558. The number of para-hydroxylation sites is 1. The molecule has 0 amide bonds. The summed E-state index contributed by atoms with van der Waals surface area (Å²) in [7, 11) is 0. The van der Waals surface area contributed by atoms with Crippen LogP contribution in [0.3, 0.4) is 0 Å². The molecular formula is C17H17N3O14. The summed E-state index contributed by atoms with van der Waals surface area (Å²) >= 11 is 0. The quantitative estimate of drug-likeness (QED) is 0.199. The fraction of sp³-hybridized carbons (Fsp3) is 0. The molecule has 0 spiro atoms. The third-order valence-corrected chi connectivity index (χ3v) is 2.25. The zero-order valence-corrected chi connectivity index (χ0v) is 16.6. The van der Waals surface area contributed by atoms with Gasteiger partial charge in [0.15, 0.2) is 0 Å². The molecule has 0 unspecified atom stereocenters. The van der Waals surface area contributed by atoms with E-state index in [1.807, 2.05) is 30.5 Å². The standard InChI is InChI=1S/C9H7N.2C4H4O4.2HNO3/c1-2-6-9-8(4-1)5-3-7-10-9;2*5-3(6)1-2-4(7)8;2*2-1(3)4/h1-7H;2*1-2H,(H,5,6)(H,7,8);2*(H,2,3,4). The van der Waals surface area contributed by atoms with Crippen molar-refractivity contribution in [2.75, 3.05) is 0 Å². The average molecular weight is 487 g/mol. The van der Waals surface area contributed by atoms with Crippen molar-refractivity contribution in [3.63, 3.8) is 0 Å². The zero-order valence-electron chi connectivity index (χ0n) is 16.6. The van der Waals surface area contributed by atoms with Crippen LogP contribution in [0, 0.1) is 20.2 Å². The van der Waals surface area contributed by atoms with Gasteiger partial charge in [-0.25, -0.2) is 19.2 Å². The van der Waals surface area contributed by atoms with E-state index in [0.717, 1.165) is 5.52 Å². The first-order chi connectivity index (χ1) is 15.7. The van der Waals surface area contributed by atoms with Gasteiger partial charge in [-0.15, -0.1) is 20.2 Å². The second-order valence-electron chi connectivity index (χ2n) is 4.69. The maximum atomic E-state index is 9.55. The number of carboxylic acid groups (broad SMARTS) is 4. The molecule has 184 valence electrons. The van der Waals surface area contributed by atoms with Crippen LogP contribution in [0.15, 0.2) is 66.9 Å². The third-order valence-electron chi connectivity index (χ3n) is 2.25. The van der Waals surface area contributed by atoms with Crippen molar-refractivity contribution in [3.05, 3.63) is 87.1 Å². The Labute approximate surface area is 188 Å². The van der Waals surface area contributed by atoms with Gasteiger partial charge in [-0.3, -0.25) is 4.98 Å². The molecule has 0 aliphatic carbocycles. The summed E-state index contributed by atoms with van der Waals surface area (Å²) in [4.78, 5) is 59.1. The number of carbonyl (C=O) groups is 4. The lowest BCUT2D eigenvalue weighted by atomic mass is 10.2. The van der Waals surface area contributed by atoms with E-state index in [2.05, 4.69) is 17.1 Å². The van der Waals surface area contributed by atoms with E-state index in [1.54, 1.807) is 0 Å². The fourth-order valence-corrected chi connectivity index (χ4v) is 1.30. The van der Waals surface area contributed by atoms with Gasteiger partial charge in [0.1, 0.15) is 0 Å². The second-order valence-corrected chi connectivity index (χ2v) is 4.69. The van der Waals surface area contributed by atoms with Crippen LogP contribution in [-0.4, -0.2) is 69.9 Å². The van der Waals surface area contributed by atoms with E-state index in [9.17, 15) is 19.2 Å². The normalized spacial score (nSPS) is 8.82. The highest BCUT2D eigenvalue weighted by Gasteiger charge is 1.89. The molecule has 6 N–H and O–H groups in total. The molecule has 0 radical (unpaired) electrons. The lowest BCUT2D eigenvalue weighted by Gasteiger charge is -1.91. The largest absolute Gasteiger partial charge is 0.478 e. The predicted molar refractivity (Wildman–Crippen MR) is 108 cm³/mol. The Morgan fingerprint density at radius 3 is 1.26 bits per heavy atom. The number of nitrogens with zero attached hydrogens (tertiary/aromatic N) is 3. The van der Waals surface area contributed by atoms with Crippen LogP contribution in [0.25, 0.3) is 10.9 Å². The number of fused-ring (bicyclic) bond motifs is 1. The Balaban J connectivity index is -0.000000371. The molecule has 0 aliphatic heterocycles. The van der Waals surface area contributed by atoms with Crippen LogP contribution >= 0.6 is 0 Å². The molecule has 0 fully saturated rings. The summed E-state index contributed by atoms with van der Waals surface area (Å²) in [6, 6.07) is 12.1. The second kappa shape index (κ2) is 20.7. The Kier molecular flexibility index (Phi) is 20.1. The first-order valence-electron chi connectivity index (χ1n) is 7.93. The topological polar surface area (TPSA) is 289 Å². The van der Waals surface area contributed by atoms with Gasteiger partial charge in [-0.1, -0.05) is 24.3 Å². The minimum atomic E-state index is -1.50. The van der Waals surface area contributed by atoms with E-state index >= 15 is 0 Å². The molecule has 0 saturated carbocycles. The summed E-state index contributed by atoms with van der Waals surface area (Å²) in [5.74, 6) is -5.03. The van der Waals surface area contributed by atoms with Crippen molar-refractivity contribution in [1.82, 2.24) is 4.98 Å². The zero-order chi connectivity index (χ0) is 27.1. The van der Waals surface area contributed by atoms with Crippen LogP contribution in [-0.2, 0) is 19.2 Å². The SMILES string of the molecule is O=C(O)C=CC(=O)O.O=C(O)C=CC(=O)O.O=[N+]([O-])O.O=[N+]([O-])O.c1ccc2ncccc2c1. The number of pyridine rings is 1. The molecule has 2 rings (SSSR count). The van der Waals surface area contributed by atoms with E-state index < -0.39 is 34.1 Å². The molecule has 1 aromatic carbocycles. The van der Waals surface area contributed by atoms with Gasteiger partial charge in [0.2, 0.25) is 0 Å². The molecule has 0 aliphatic rings. The smallest absolute Gasteiger partial charge is 0.328 e. The number of aliphatic carboxylic acids is 4. The molecule has 0 saturated heterocycles. The number of hydrogen-bond acceptors (Lipinski definition) is 9. The first-order valence-corrected chi connectivity index (χ1v) is 7.93. The van der Waals surface area contributed by atoms with E-state index in [4.69, 9.17) is 51.1 Å². The highest BCUT2D eigenvalue weighted by Crippen LogP contribution is 2.07. The van der Waals surface area contributed by atoms with Crippen molar-refractivity contribution < 1.29 is 60.2 Å². The van der Waals surface area contributed by atoms with Crippen molar-refractivity contribution in [3.8, 4) is 0 Å². The van der Waals surface area contributed by atoms with Crippen LogP contribution in [0.4, 0.5) is 0 Å². The Bertz CT molecular complexity index is 868. The van der Waals surface area contributed by atoms with Gasteiger partial charge in [-0.05, 0) is 12.1 Å². The summed E-state index contributed by atoms with van der Waals surface area (Å²) in [6.07, 6.45) is 4.04. The van der Waals surface area contributed by atoms with Crippen LogP contribution in [0.5, 0.6) is 0 Å². The molecule has 34 heavy (non-hydrogen) atoms. The van der Waals surface area contributed by atoms with Crippen molar-refractivity contribution >= 4 is 34.8 Å². The van der Waals surface area contributed by atoms with Crippen LogP contribution in [0.2, 0.25) is 0 Å². The molecule has 1 heterocycles. The molecule has 0 bridgehead atoms. The number of hydrogen-bond donors (Lipinski definition) is 6. The lowest BCUT2D eigenvalue weighted by molar-refractivity contribution is -0.742. The van der Waals surface area contributed by atoms with Crippen LogP contribution in [0.1, 0.15) is 0 Å². The average Bonchev–Trinajstić information content (AvgIpc) is 2.71. The third kappa shape index (κ3) is 33.9. The number of rotatable bonds is 4. The molecule has 17 heteroatoms. The molecule has 0 atom stereocenters. The van der Waals surface area contributed by atoms with Crippen molar-refractivity contribution in [1.29, 1.82) is 0 Å². The summed E-state index contributed by atoms with van der Waals surface area (Å²) in [5, 5.41) is 59.7. The molecule has 2 aromatic rings. The van der Waals surface area contributed by atoms with Gasteiger partial charge in [0, 0.05) is 35.9 Å².